The van der Waals surface area contributed by atoms with Crippen LogP contribution in [0.3, 0.4) is 0 Å². The first-order valence-corrected chi connectivity index (χ1v) is 9.50. The predicted molar refractivity (Wildman–Crippen MR) is 91.4 cm³/mol. The minimum atomic E-state index is -3.68. The maximum Gasteiger partial charge on any atom is 0.271 e. The van der Waals surface area contributed by atoms with Crippen LogP contribution in [0.5, 0.6) is 0 Å². The molecule has 22 heavy (non-hydrogen) atoms. The topological polar surface area (TPSA) is 64.0 Å². The van der Waals surface area contributed by atoms with Gasteiger partial charge in [0.1, 0.15) is 4.21 Å². The Labute approximate surface area is 144 Å². The van der Waals surface area contributed by atoms with Gasteiger partial charge in [0.2, 0.25) is 0 Å². The van der Waals surface area contributed by atoms with E-state index in [4.69, 9.17) is 11.6 Å². The molecule has 2 aromatic heterocycles. The van der Waals surface area contributed by atoms with E-state index < -0.39 is 10.0 Å². The maximum atomic E-state index is 12.4. The van der Waals surface area contributed by atoms with Gasteiger partial charge in [-0.3, -0.25) is 4.72 Å². The second kappa shape index (κ2) is 6.04. The fraction of sp³-hybridized carbons (Fsp3) is 0. The van der Waals surface area contributed by atoms with Crippen LogP contribution in [0.25, 0.3) is 5.69 Å². The first-order chi connectivity index (χ1) is 10.5. The van der Waals surface area contributed by atoms with Crippen molar-refractivity contribution in [1.29, 1.82) is 0 Å². The zero-order chi connectivity index (χ0) is 15.7. The summed E-state index contributed by atoms with van der Waals surface area (Å²) in [6.45, 7) is 0. The van der Waals surface area contributed by atoms with Gasteiger partial charge in [-0.15, -0.1) is 11.3 Å². The molecule has 1 N–H and O–H groups in total. The van der Waals surface area contributed by atoms with E-state index in [-0.39, 0.29) is 4.21 Å². The van der Waals surface area contributed by atoms with Gasteiger partial charge in [-0.2, -0.15) is 5.10 Å². The molecular weight excluding hydrogens is 410 g/mol. The van der Waals surface area contributed by atoms with Crippen molar-refractivity contribution in [2.75, 3.05) is 4.72 Å². The maximum absolute atomic E-state index is 12.4. The van der Waals surface area contributed by atoms with Gasteiger partial charge in [-0.05, 0) is 40.2 Å². The zero-order valence-electron chi connectivity index (χ0n) is 10.9. The monoisotopic (exact) mass is 417 g/mol. The van der Waals surface area contributed by atoms with Crippen LogP contribution >= 0.6 is 38.9 Å². The molecule has 0 spiro atoms. The van der Waals surface area contributed by atoms with Crippen molar-refractivity contribution in [2.45, 2.75) is 4.21 Å². The summed E-state index contributed by atoms with van der Waals surface area (Å²) in [4.78, 5) is 0. The molecule has 0 amide bonds. The molecule has 0 saturated heterocycles. The second-order valence-corrected chi connectivity index (χ2v) is 8.82. The molecule has 9 heteroatoms. The smallest absolute Gasteiger partial charge is 0.271 e. The van der Waals surface area contributed by atoms with Crippen molar-refractivity contribution < 1.29 is 8.42 Å². The molecule has 0 saturated carbocycles. The molecule has 0 bridgehead atoms. The normalized spacial score (nSPS) is 11.5. The quantitative estimate of drug-likeness (QED) is 0.692. The number of sulfonamides is 1. The average Bonchev–Trinajstić information content (AvgIpc) is 3.08. The van der Waals surface area contributed by atoms with Gasteiger partial charge in [0.15, 0.2) is 0 Å². The molecule has 3 rings (SSSR count). The number of nitrogens with zero attached hydrogens (tertiary/aromatic N) is 2. The number of nitrogens with one attached hydrogen (secondary N) is 1. The van der Waals surface area contributed by atoms with Crippen molar-refractivity contribution in [3.8, 4) is 5.69 Å². The fourth-order valence-electron chi connectivity index (χ4n) is 1.83. The first-order valence-electron chi connectivity index (χ1n) is 6.03. The lowest BCUT2D eigenvalue weighted by Crippen LogP contribution is -2.13. The highest BCUT2D eigenvalue weighted by Gasteiger charge is 2.18. The van der Waals surface area contributed by atoms with Crippen molar-refractivity contribution in [3.63, 3.8) is 0 Å². The van der Waals surface area contributed by atoms with Crippen molar-refractivity contribution >= 4 is 54.6 Å². The number of thiophene rings is 1. The van der Waals surface area contributed by atoms with Crippen LogP contribution in [0.4, 0.5) is 5.69 Å². The molecule has 0 atom stereocenters. The first kappa shape index (κ1) is 15.5. The number of rotatable bonds is 4. The highest BCUT2D eigenvalue weighted by molar-refractivity contribution is 9.10. The van der Waals surface area contributed by atoms with Gasteiger partial charge in [0.25, 0.3) is 10.0 Å². The summed E-state index contributed by atoms with van der Waals surface area (Å²) in [7, 11) is -3.68. The molecule has 0 aliphatic heterocycles. The van der Waals surface area contributed by atoms with E-state index >= 15 is 0 Å². The lowest BCUT2D eigenvalue weighted by molar-refractivity contribution is 0.603. The van der Waals surface area contributed by atoms with Crippen molar-refractivity contribution in [1.82, 2.24) is 9.78 Å². The third kappa shape index (κ3) is 3.19. The summed E-state index contributed by atoms with van der Waals surface area (Å²) in [5.74, 6) is 0. The predicted octanol–water partition coefficient (Wildman–Crippen LogP) is 4.15. The third-order valence-electron chi connectivity index (χ3n) is 2.76. The summed E-state index contributed by atoms with van der Waals surface area (Å²) >= 11 is 10.1. The average molecular weight is 419 g/mol. The summed E-state index contributed by atoms with van der Waals surface area (Å²) < 4.78 is 30.4. The lowest BCUT2D eigenvalue weighted by atomic mass is 10.3. The zero-order valence-corrected chi connectivity index (χ0v) is 14.9. The highest BCUT2D eigenvalue weighted by atomic mass is 79.9. The molecule has 0 aliphatic rings. The molecule has 0 unspecified atom stereocenters. The molecule has 114 valence electrons. The summed E-state index contributed by atoms with van der Waals surface area (Å²) in [5.41, 5.74) is 1.06. The summed E-state index contributed by atoms with van der Waals surface area (Å²) in [6, 6.07) is 10.0. The van der Waals surface area contributed by atoms with E-state index in [1.54, 1.807) is 41.3 Å². The fourth-order valence-corrected chi connectivity index (χ4v) is 4.67. The van der Waals surface area contributed by atoms with Gasteiger partial charge in [0, 0.05) is 6.20 Å². The molecule has 0 fully saturated rings. The number of anilines is 1. The van der Waals surface area contributed by atoms with E-state index in [2.05, 4.69) is 25.8 Å². The van der Waals surface area contributed by atoms with E-state index in [1.807, 2.05) is 6.07 Å². The van der Waals surface area contributed by atoms with Gasteiger partial charge in [-0.1, -0.05) is 23.7 Å². The Bertz CT molecular complexity index is 921. The summed E-state index contributed by atoms with van der Waals surface area (Å²) in [5, 5.41) is 4.17. The van der Waals surface area contributed by atoms with Crippen LogP contribution in [0.2, 0.25) is 4.34 Å². The SMILES string of the molecule is O=S(=O)(Nc1ccccc1-n1cc(Br)cn1)c1ccc(Cl)s1. The minimum absolute atomic E-state index is 0.161. The Balaban J connectivity index is 2.00. The molecular formula is C13H9BrClN3O2S2. The number of hydrogen-bond acceptors (Lipinski definition) is 4. The molecule has 5 nitrogen and oxygen atoms in total. The number of halogens is 2. The van der Waals surface area contributed by atoms with Gasteiger partial charge in [0.05, 0.1) is 26.4 Å². The Morgan fingerprint density at radius 3 is 2.64 bits per heavy atom. The van der Waals surface area contributed by atoms with Gasteiger partial charge < -0.3 is 0 Å². The molecule has 0 radical (unpaired) electrons. The highest BCUT2D eigenvalue weighted by Crippen LogP contribution is 2.29. The largest absolute Gasteiger partial charge is 0.277 e. The van der Waals surface area contributed by atoms with Crippen molar-refractivity contribution in [3.05, 3.63) is 57.6 Å². The number of benzene rings is 1. The van der Waals surface area contributed by atoms with Crippen molar-refractivity contribution in [2.24, 2.45) is 0 Å². The Morgan fingerprint density at radius 2 is 2.00 bits per heavy atom. The molecule has 3 aromatic rings. The summed E-state index contributed by atoms with van der Waals surface area (Å²) in [6.07, 6.45) is 3.37. The van der Waals surface area contributed by atoms with Gasteiger partial charge >= 0.3 is 0 Å². The van der Waals surface area contributed by atoms with E-state index in [9.17, 15) is 8.42 Å². The Kier molecular flexibility index (Phi) is 4.26. The van der Waals surface area contributed by atoms with Crippen LogP contribution in [-0.2, 0) is 10.0 Å². The Morgan fingerprint density at radius 1 is 1.23 bits per heavy atom. The number of para-hydroxylation sites is 2. The second-order valence-electron chi connectivity index (χ2n) is 4.28. The van der Waals surface area contributed by atoms with E-state index in [0.29, 0.717) is 15.7 Å². The number of aromatic nitrogens is 2. The third-order valence-corrected chi connectivity index (χ3v) is 6.26. The molecule has 1 aromatic carbocycles. The van der Waals surface area contributed by atoms with Crippen LogP contribution in [-0.4, -0.2) is 18.2 Å². The van der Waals surface area contributed by atoms with E-state index in [1.165, 1.54) is 6.07 Å². The standard InChI is InChI=1S/C13H9BrClN3O2S2/c14-9-7-16-18(8-9)11-4-2-1-3-10(11)17-22(19,20)13-6-5-12(15)21-13/h1-8,17H. The van der Waals surface area contributed by atoms with Gasteiger partial charge in [-0.25, -0.2) is 13.1 Å². The Hall–Kier alpha value is -1.35. The van der Waals surface area contributed by atoms with Crippen LogP contribution in [0.15, 0.2) is 57.5 Å². The lowest BCUT2D eigenvalue weighted by Gasteiger charge is -2.11. The van der Waals surface area contributed by atoms with Crippen LogP contribution in [0, 0.1) is 0 Å². The molecule has 2 heterocycles. The number of hydrogen-bond donors (Lipinski definition) is 1. The van der Waals surface area contributed by atoms with E-state index in [0.717, 1.165) is 15.8 Å². The minimum Gasteiger partial charge on any atom is -0.277 e. The van der Waals surface area contributed by atoms with Crippen LogP contribution < -0.4 is 4.72 Å². The molecule has 0 aliphatic carbocycles. The van der Waals surface area contributed by atoms with Crippen LogP contribution in [0.1, 0.15) is 0 Å².